The van der Waals surface area contributed by atoms with Crippen LogP contribution in [0.2, 0.25) is 10.3 Å². The molecule has 0 aliphatic carbocycles. The zero-order chi connectivity index (χ0) is 21.3. The highest BCUT2D eigenvalue weighted by Crippen LogP contribution is 2.29. The molecule has 7 nitrogen and oxygen atoms in total. The summed E-state index contributed by atoms with van der Waals surface area (Å²) in [7, 11) is -7.86. The van der Waals surface area contributed by atoms with E-state index in [2.05, 4.69) is 9.71 Å². The van der Waals surface area contributed by atoms with Crippen molar-refractivity contribution in [3.8, 4) is 0 Å². The maximum atomic E-state index is 12.8. The molecule has 0 radical (unpaired) electrons. The van der Waals surface area contributed by atoms with Crippen LogP contribution in [0.15, 0.2) is 34.1 Å². The van der Waals surface area contributed by atoms with Crippen LogP contribution in [0.25, 0.3) is 0 Å². The number of anilines is 1. The molecule has 2 aromatic rings. The fraction of sp³-hybridized carbons (Fsp3) is 0.353. The van der Waals surface area contributed by atoms with E-state index >= 15 is 0 Å². The maximum absolute atomic E-state index is 12.8. The van der Waals surface area contributed by atoms with Gasteiger partial charge < -0.3 is 0 Å². The number of hydrogen-bond donors (Lipinski definition) is 1. The summed E-state index contributed by atoms with van der Waals surface area (Å²) in [6.07, 6.45) is 0. The quantitative estimate of drug-likeness (QED) is 0.626. The van der Waals surface area contributed by atoms with Gasteiger partial charge in [-0.1, -0.05) is 37.0 Å². The molecule has 0 spiro atoms. The van der Waals surface area contributed by atoms with Crippen molar-refractivity contribution in [2.75, 3.05) is 17.8 Å². The molecule has 0 amide bonds. The van der Waals surface area contributed by atoms with Gasteiger partial charge >= 0.3 is 0 Å². The summed E-state index contributed by atoms with van der Waals surface area (Å²) in [4.78, 5) is 3.49. The summed E-state index contributed by atoms with van der Waals surface area (Å²) >= 11 is 11.6. The Kier molecular flexibility index (Phi) is 6.99. The number of aryl methyl sites for hydroxylation is 1. The van der Waals surface area contributed by atoms with Crippen LogP contribution in [-0.2, 0) is 20.0 Å². The molecule has 11 heteroatoms. The van der Waals surface area contributed by atoms with E-state index < -0.39 is 20.0 Å². The second kappa shape index (κ2) is 8.54. The fourth-order valence-corrected chi connectivity index (χ4v) is 5.94. The second-order valence-electron chi connectivity index (χ2n) is 6.03. The summed E-state index contributed by atoms with van der Waals surface area (Å²) in [5, 5.41) is -0.218. The van der Waals surface area contributed by atoms with E-state index in [1.165, 1.54) is 28.6 Å². The predicted molar refractivity (Wildman–Crippen MR) is 111 cm³/mol. The first-order valence-corrected chi connectivity index (χ1v) is 12.1. The SMILES string of the molecule is CCN(CC)S(=O)(=O)c1cc(C)c(C)c(NS(=O)(=O)c2ccc(Cl)nc2Cl)c1. The van der Waals surface area contributed by atoms with Crippen molar-refractivity contribution >= 4 is 48.9 Å². The number of nitrogens with zero attached hydrogens (tertiary/aromatic N) is 2. The minimum Gasteiger partial charge on any atom is -0.279 e. The zero-order valence-electron chi connectivity index (χ0n) is 15.8. The number of halogens is 2. The standard InChI is InChI=1S/C17H21Cl2N3O4S2/c1-5-22(6-2)28(25,26)13-9-11(3)12(4)14(10-13)21-27(23,24)15-7-8-16(18)20-17(15)19/h7-10,21H,5-6H2,1-4H3. The Morgan fingerprint density at radius 1 is 1.04 bits per heavy atom. The summed E-state index contributed by atoms with van der Waals surface area (Å²) in [5.74, 6) is 0. The topological polar surface area (TPSA) is 96.4 Å². The lowest BCUT2D eigenvalue weighted by atomic mass is 10.1. The van der Waals surface area contributed by atoms with Crippen LogP contribution in [-0.4, -0.2) is 39.2 Å². The van der Waals surface area contributed by atoms with Crippen LogP contribution in [0.1, 0.15) is 25.0 Å². The van der Waals surface area contributed by atoms with Crippen molar-refractivity contribution in [3.63, 3.8) is 0 Å². The Balaban J connectivity index is 2.56. The Hall–Kier alpha value is -1.39. The highest BCUT2D eigenvalue weighted by molar-refractivity contribution is 7.92. The van der Waals surface area contributed by atoms with Gasteiger partial charge in [-0.3, -0.25) is 4.72 Å². The zero-order valence-corrected chi connectivity index (χ0v) is 19.0. The first-order valence-electron chi connectivity index (χ1n) is 8.40. The van der Waals surface area contributed by atoms with Gasteiger partial charge in [0.15, 0.2) is 5.15 Å². The largest absolute Gasteiger partial charge is 0.279 e. The Morgan fingerprint density at radius 2 is 1.64 bits per heavy atom. The van der Waals surface area contributed by atoms with Gasteiger partial charge in [0.25, 0.3) is 10.0 Å². The van der Waals surface area contributed by atoms with E-state index in [0.717, 1.165) is 0 Å². The van der Waals surface area contributed by atoms with Gasteiger partial charge in [0.2, 0.25) is 10.0 Å². The second-order valence-corrected chi connectivity index (χ2v) is 10.4. The van der Waals surface area contributed by atoms with Crippen molar-refractivity contribution in [1.29, 1.82) is 0 Å². The highest BCUT2D eigenvalue weighted by atomic mass is 35.5. The smallest absolute Gasteiger partial charge is 0.264 e. The summed E-state index contributed by atoms with van der Waals surface area (Å²) in [6.45, 7) is 7.49. The van der Waals surface area contributed by atoms with Crippen molar-refractivity contribution in [2.45, 2.75) is 37.5 Å². The van der Waals surface area contributed by atoms with Gasteiger partial charge in [0.1, 0.15) is 10.0 Å². The van der Waals surface area contributed by atoms with E-state index in [0.29, 0.717) is 24.2 Å². The normalized spacial score (nSPS) is 12.4. The molecule has 0 saturated carbocycles. The van der Waals surface area contributed by atoms with Crippen molar-refractivity contribution in [3.05, 3.63) is 45.7 Å². The predicted octanol–water partition coefficient (Wildman–Crippen LogP) is 3.84. The van der Waals surface area contributed by atoms with Crippen LogP contribution in [0.3, 0.4) is 0 Å². The molecule has 0 atom stereocenters. The minimum absolute atomic E-state index is 0.0114. The number of sulfonamides is 2. The van der Waals surface area contributed by atoms with Gasteiger partial charge in [-0.05, 0) is 49.2 Å². The molecule has 0 fully saturated rings. The number of nitrogens with one attached hydrogen (secondary N) is 1. The maximum Gasteiger partial charge on any atom is 0.264 e. The summed E-state index contributed by atoms with van der Waals surface area (Å²) < 4.78 is 54.9. The molecule has 1 N–H and O–H groups in total. The molecule has 1 aromatic carbocycles. The minimum atomic E-state index is -4.11. The molecular formula is C17H21Cl2N3O4S2. The average Bonchev–Trinajstić information content (AvgIpc) is 2.58. The molecule has 154 valence electrons. The lowest BCUT2D eigenvalue weighted by molar-refractivity contribution is 0.445. The first-order chi connectivity index (χ1) is 12.9. The highest BCUT2D eigenvalue weighted by Gasteiger charge is 2.25. The molecule has 0 unspecified atom stereocenters. The molecule has 28 heavy (non-hydrogen) atoms. The Bertz CT molecular complexity index is 1100. The molecule has 0 bridgehead atoms. The van der Waals surface area contributed by atoms with Gasteiger partial charge in [0.05, 0.1) is 10.6 Å². The van der Waals surface area contributed by atoms with Crippen molar-refractivity contribution < 1.29 is 16.8 Å². The van der Waals surface area contributed by atoms with Crippen LogP contribution in [0.4, 0.5) is 5.69 Å². The van der Waals surface area contributed by atoms with Crippen molar-refractivity contribution in [1.82, 2.24) is 9.29 Å². The van der Waals surface area contributed by atoms with Crippen LogP contribution >= 0.6 is 23.2 Å². The lowest BCUT2D eigenvalue weighted by Crippen LogP contribution is -2.30. The molecule has 0 saturated heterocycles. The Labute approximate surface area is 175 Å². The molecule has 1 heterocycles. The monoisotopic (exact) mass is 465 g/mol. The third kappa shape index (κ3) is 4.60. The average molecular weight is 466 g/mol. The van der Waals surface area contributed by atoms with Gasteiger partial charge in [-0.2, -0.15) is 4.31 Å². The number of hydrogen-bond acceptors (Lipinski definition) is 5. The van der Waals surface area contributed by atoms with Crippen LogP contribution < -0.4 is 4.72 Å². The molecular weight excluding hydrogens is 445 g/mol. The molecule has 1 aromatic heterocycles. The van der Waals surface area contributed by atoms with Crippen LogP contribution in [0.5, 0.6) is 0 Å². The molecule has 0 aliphatic rings. The van der Waals surface area contributed by atoms with Gasteiger partial charge in [-0.15, -0.1) is 0 Å². The van der Waals surface area contributed by atoms with Crippen LogP contribution in [0, 0.1) is 13.8 Å². The first kappa shape index (κ1) is 22.9. The number of benzene rings is 1. The number of pyridine rings is 1. The number of aromatic nitrogens is 1. The number of rotatable bonds is 7. The van der Waals surface area contributed by atoms with E-state index in [1.54, 1.807) is 27.7 Å². The third-order valence-electron chi connectivity index (χ3n) is 4.30. The van der Waals surface area contributed by atoms with E-state index in [4.69, 9.17) is 23.2 Å². The lowest BCUT2D eigenvalue weighted by Gasteiger charge is -2.20. The summed E-state index contributed by atoms with van der Waals surface area (Å²) in [5.41, 5.74) is 1.38. The molecule has 0 aliphatic heterocycles. The third-order valence-corrected chi connectivity index (χ3v) is 8.33. The summed E-state index contributed by atoms with van der Waals surface area (Å²) in [6, 6.07) is 5.38. The van der Waals surface area contributed by atoms with E-state index in [9.17, 15) is 16.8 Å². The van der Waals surface area contributed by atoms with Crippen molar-refractivity contribution in [2.24, 2.45) is 0 Å². The fourth-order valence-electron chi connectivity index (χ4n) is 2.59. The Morgan fingerprint density at radius 3 is 2.18 bits per heavy atom. The van der Waals surface area contributed by atoms with Gasteiger partial charge in [0, 0.05) is 13.1 Å². The van der Waals surface area contributed by atoms with E-state index in [-0.39, 0.29) is 25.8 Å². The van der Waals surface area contributed by atoms with Gasteiger partial charge in [-0.25, -0.2) is 21.8 Å². The van der Waals surface area contributed by atoms with E-state index in [1.807, 2.05) is 0 Å². The molecule has 2 rings (SSSR count).